The number of rotatable bonds is 4. The first kappa shape index (κ1) is 13.6. The summed E-state index contributed by atoms with van der Waals surface area (Å²) in [6.07, 6.45) is 3.46. The Balaban J connectivity index is 2.32. The van der Waals surface area contributed by atoms with E-state index in [0.29, 0.717) is 17.1 Å². The predicted molar refractivity (Wildman–Crippen MR) is 77.8 cm³/mol. The van der Waals surface area contributed by atoms with Gasteiger partial charge < -0.3 is 10.5 Å². The maximum Gasteiger partial charge on any atom is 0.165 e. The number of hydrogen-bond donors (Lipinski definition) is 2. The minimum absolute atomic E-state index is 0.0428. The van der Waals surface area contributed by atoms with Gasteiger partial charge in [0.1, 0.15) is 11.6 Å². The molecule has 0 aliphatic heterocycles. The van der Waals surface area contributed by atoms with Gasteiger partial charge in [0, 0.05) is 10.5 Å². The van der Waals surface area contributed by atoms with Gasteiger partial charge in [-0.1, -0.05) is 6.07 Å². The van der Waals surface area contributed by atoms with Crippen molar-refractivity contribution in [3.05, 3.63) is 40.6 Å². The molecule has 1 heterocycles. The lowest BCUT2D eigenvalue weighted by molar-refractivity contribution is 0.475. The van der Waals surface area contributed by atoms with Crippen molar-refractivity contribution in [3.63, 3.8) is 0 Å². The van der Waals surface area contributed by atoms with Crippen LogP contribution >= 0.6 is 15.9 Å². The summed E-state index contributed by atoms with van der Waals surface area (Å²) in [6, 6.07) is 5.70. The number of nitrogens with zero attached hydrogens (tertiary/aromatic N) is 2. The Kier molecular flexibility index (Phi) is 3.90. The van der Waals surface area contributed by atoms with Crippen LogP contribution in [0.4, 0.5) is 0 Å². The molecule has 0 unspecified atom stereocenters. The first-order chi connectivity index (χ1) is 8.99. The normalized spacial score (nSPS) is 10.7. The second-order valence-corrected chi connectivity index (χ2v) is 5.23. The van der Waals surface area contributed by atoms with Gasteiger partial charge in [0.15, 0.2) is 5.75 Å². The molecule has 0 amide bonds. The number of hydrogen-bond acceptors (Lipinski definition) is 3. The number of benzene rings is 1. The second-order valence-electron chi connectivity index (χ2n) is 4.38. The first-order valence-electron chi connectivity index (χ1n) is 5.84. The molecule has 1 aromatic carbocycles. The van der Waals surface area contributed by atoms with Crippen molar-refractivity contribution in [2.24, 2.45) is 5.73 Å². The van der Waals surface area contributed by atoms with E-state index in [0.717, 1.165) is 4.47 Å². The minimum atomic E-state index is -0.0428. The van der Waals surface area contributed by atoms with Crippen LogP contribution in [0, 0.1) is 5.41 Å². The molecule has 0 saturated heterocycles. The highest BCUT2D eigenvalue weighted by Gasteiger charge is 2.12. The van der Waals surface area contributed by atoms with Gasteiger partial charge in [0.05, 0.1) is 18.0 Å². The zero-order chi connectivity index (χ0) is 14.0. The van der Waals surface area contributed by atoms with Crippen molar-refractivity contribution in [2.45, 2.75) is 19.9 Å². The molecule has 0 atom stereocenters. The van der Waals surface area contributed by atoms with Crippen LogP contribution < -0.4 is 10.5 Å². The SMILES string of the molecule is CC(C)n1cc(Oc2cccc(Br)c2C(=N)N)cn1. The lowest BCUT2D eigenvalue weighted by atomic mass is 10.2. The van der Waals surface area contributed by atoms with Crippen molar-refractivity contribution >= 4 is 21.8 Å². The van der Waals surface area contributed by atoms with E-state index < -0.39 is 0 Å². The number of halogens is 1. The lowest BCUT2D eigenvalue weighted by Gasteiger charge is -2.10. The molecule has 0 aliphatic carbocycles. The minimum Gasteiger partial charge on any atom is -0.453 e. The summed E-state index contributed by atoms with van der Waals surface area (Å²) >= 11 is 3.37. The Morgan fingerprint density at radius 1 is 1.47 bits per heavy atom. The van der Waals surface area contributed by atoms with Gasteiger partial charge >= 0.3 is 0 Å². The summed E-state index contributed by atoms with van der Waals surface area (Å²) in [5, 5.41) is 11.8. The molecule has 6 heteroatoms. The molecular weight excluding hydrogens is 308 g/mol. The second kappa shape index (κ2) is 5.44. The summed E-state index contributed by atoms with van der Waals surface area (Å²) in [4.78, 5) is 0. The number of nitrogens with one attached hydrogen (secondary N) is 1. The topological polar surface area (TPSA) is 76.9 Å². The van der Waals surface area contributed by atoms with E-state index in [1.54, 1.807) is 16.9 Å². The van der Waals surface area contributed by atoms with Crippen LogP contribution in [0.2, 0.25) is 0 Å². The maximum absolute atomic E-state index is 7.60. The molecule has 0 saturated carbocycles. The van der Waals surface area contributed by atoms with E-state index in [4.69, 9.17) is 15.9 Å². The van der Waals surface area contributed by atoms with Crippen molar-refractivity contribution in [1.29, 1.82) is 5.41 Å². The molecule has 19 heavy (non-hydrogen) atoms. The van der Waals surface area contributed by atoms with Crippen molar-refractivity contribution < 1.29 is 4.74 Å². The average molecular weight is 323 g/mol. The molecule has 3 N–H and O–H groups in total. The third-order valence-corrected chi connectivity index (χ3v) is 3.24. The van der Waals surface area contributed by atoms with Gasteiger partial charge in [0.2, 0.25) is 0 Å². The van der Waals surface area contributed by atoms with Crippen LogP contribution in [-0.4, -0.2) is 15.6 Å². The zero-order valence-corrected chi connectivity index (χ0v) is 12.3. The molecule has 5 nitrogen and oxygen atoms in total. The van der Waals surface area contributed by atoms with E-state index >= 15 is 0 Å². The molecule has 0 fully saturated rings. The third-order valence-electron chi connectivity index (χ3n) is 2.58. The molecule has 0 bridgehead atoms. The van der Waals surface area contributed by atoms with E-state index in [2.05, 4.69) is 21.0 Å². The van der Waals surface area contributed by atoms with Crippen LogP contribution in [0.15, 0.2) is 35.1 Å². The van der Waals surface area contributed by atoms with Crippen LogP contribution in [-0.2, 0) is 0 Å². The number of amidine groups is 1. The summed E-state index contributed by atoms with van der Waals surface area (Å²) in [7, 11) is 0. The predicted octanol–water partition coefficient (Wildman–Crippen LogP) is 3.30. The Labute approximate surface area is 120 Å². The standard InChI is InChI=1S/C13H15BrN4O/c1-8(2)18-7-9(6-17-18)19-11-5-3-4-10(14)12(11)13(15)16/h3-8H,1-2H3,(H3,15,16). The van der Waals surface area contributed by atoms with E-state index in [1.807, 2.05) is 32.2 Å². The molecule has 1 aromatic heterocycles. The van der Waals surface area contributed by atoms with E-state index in [-0.39, 0.29) is 11.9 Å². The van der Waals surface area contributed by atoms with Gasteiger partial charge in [-0.3, -0.25) is 10.1 Å². The monoisotopic (exact) mass is 322 g/mol. The fourth-order valence-corrected chi connectivity index (χ4v) is 2.20. The highest BCUT2D eigenvalue weighted by Crippen LogP contribution is 2.30. The molecular formula is C13H15BrN4O. The van der Waals surface area contributed by atoms with Crippen LogP contribution in [0.1, 0.15) is 25.5 Å². The number of nitrogen functional groups attached to an aromatic ring is 1. The van der Waals surface area contributed by atoms with E-state index in [9.17, 15) is 0 Å². The largest absolute Gasteiger partial charge is 0.453 e. The van der Waals surface area contributed by atoms with Crippen LogP contribution in [0.5, 0.6) is 11.5 Å². The van der Waals surface area contributed by atoms with Crippen molar-refractivity contribution in [2.75, 3.05) is 0 Å². The highest BCUT2D eigenvalue weighted by molar-refractivity contribution is 9.10. The third kappa shape index (κ3) is 2.96. The Morgan fingerprint density at radius 2 is 2.21 bits per heavy atom. The van der Waals surface area contributed by atoms with Crippen molar-refractivity contribution in [3.8, 4) is 11.5 Å². The van der Waals surface area contributed by atoms with Crippen LogP contribution in [0.3, 0.4) is 0 Å². The summed E-state index contributed by atoms with van der Waals surface area (Å²) in [5.74, 6) is 1.11. The molecule has 0 radical (unpaired) electrons. The number of ether oxygens (including phenoxy) is 1. The molecule has 0 spiro atoms. The molecule has 100 valence electrons. The van der Waals surface area contributed by atoms with Gasteiger partial charge in [0.25, 0.3) is 0 Å². The number of aromatic nitrogens is 2. The average Bonchev–Trinajstić information content (AvgIpc) is 2.77. The quantitative estimate of drug-likeness (QED) is 0.669. The van der Waals surface area contributed by atoms with E-state index in [1.165, 1.54) is 0 Å². The van der Waals surface area contributed by atoms with Crippen LogP contribution in [0.25, 0.3) is 0 Å². The van der Waals surface area contributed by atoms with Gasteiger partial charge in [-0.2, -0.15) is 5.10 Å². The summed E-state index contributed by atoms with van der Waals surface area (Å²) in [5.41, 5.74) is 6.12. The fraction of sp³-hybridized carbons (Fsp3) is 0.231. The highest BCUT2D eigenvalue weighted by atomic mass is 79.9. The first-order valence-corrected chi connectivity index (χ1v) is 6.63. The smallest absolute Gasteiger partial charge is 0.165 e. The maximum atomic E-state index is 7.60. The van der Waals surface area contributed by atoms with Gasteiger partial charge in [-0.15, -0.1) is 0 Å². The summed E-state index contributed by atoms with van der Waals surface area (Å²) in [6.45, 7) is 4.08. The number of nitrogens with two attached hydrogens (primary N) is 1. The van der Waals surface area contributed by atoms with Gasteiger partial charge in [-0.25, -0.2) is 0 Å². The fourth-order valence-electron chi connectivity index (χ4n) is 1.63. The summed E-state index contributed by atoms with van der Waals surface area (Å²) < 4.78 is 8.28. The molecule has 0 aliphatic rings. The Hall–Kier alpha value is -1.82. The molecule has 2 aromatic rings. The zero-order valence-electron chi connectivity index (χ0n) is 10.7. The van der Waals surface area contributed by atoms with Crippen molar-refractivity contribution in [1.82, 2.24) is 9.78 Å². The molecule has 2 rings (SSSR count). The van der Waals surface area contributed by atoms with Gasteiger partial charge in [-0.05, 0) is 41.9 Å². The lowest BCUT2D eigenvalue weighted by Crippen LogP contribution is -2.13. The Bertz CT molecular complexity index is 606. The Morgan fingerprint density at radius 3 is 2.79 bits per heavy atom.